The Bertz CT molecular complexity index is 495. The summed E-state index contributed by atoms with van der Waals surface area (Å²) in [5.74, 6) is 0. The molecule has 2 nitrogen and oxygen atoms in total. The van der Waals surface area contributed by atoms with Gasteiger partial charge in [-0.25, -0.2) is 0 Å². The third kappa shape index (κ3) is 3.02. The van der Waals surface area contributed by atoms with Crippen LogP contribution in [0.3, 0.4) is 0 Å². The highest BCUT2D eigenvalue weighted by molar-refractivity contribution is 5.37. The first-order chi connectivity index (χ1) is 10.1. The molecule has 0 fully saturated rings. The summed E-state index contributed by atoms with van der Waals surface area (Å²) >= 11 is 0. The molecule has 0 saturated heterocycles. The molecule has 0 aliphatic carbocycles. The Balaban J connectivity index is 2.54. The number of nitrogens with zero attached hydrogens (tertiary/aromatic N) is 1. The van der Waals surface area contributed by atoms with Gasteiger partial charge in [0.2, 0.25) is 0 Å². The van der Waals surface area contributed by atoms with Gasteiger partial charge in [-0.2, -0.15) is 0 Å². The fraction of sp³-hybridized carbons (Fsp3) is 0.368. The van der Waals surface area contributed by atoms with Crippen molar-refractivity contribution in [3.63, 3.8) is 0 Å². The number of likely N-dealkylation sites (N-methyl/N-ethyl adjacent to an activating group) is 1. The maximum atomic E-state index is 11.6. The van der Waals surface area contributed by atoms with E-state index in [1.807, 2.05) is 60.7 Å². The Morgan fingerprint density at radius 2 is 1.24 bits per heavy atom. The molecule has 0 amide bonds. The van der Waals surface area contributed by atoms with E-state index in [-0.39, 0.29) is 6.04 Å². The molecule has 0 aliphatic heterocycles. The van der Waals surface area contributed by atoms with Gasteiger partial charge in [0.1, 0.15) is 5.60 Å². The van der Waals surface area contributed by atoms with Crippen molar-refractivity contribution >= 4 is 0 Å². The Morgan fingerprint density at radius 3 is 1.57 bits per heavy atom. The van der Waals surface area contributed by atoms with Crippen molar-refractivity contribution < 1.29 is 5.11 Å². The van der Waals surface area contributed by atoms with Crippen LogP contribution in [0.25, 0.3) is 0 Å². The van der Waals surface area contributed by atoms with Crippen LogP contribution >= 0.6 is 0 Å². The maximum Gasteiger partial charge on any atom is 0.130 e. The highest BCUT2D eigenvalue weighted by Crippen LogP contribution is 2.35. The number of benzene rings is 2. The average molecular weight is 283 g/mol. The van der Waals surface area contributed by atoms with Crippen molar-refractivity contribution in [1.29, 1.82) is 0 Å². The second kappa shape index (κ2) is 6.88. The molecule has 0 radical (unpaired) electrons. The number of aliphatic hydroxyl groups is 1. The van der Waals surface area contributed by atoms with Gasteiger partial charge < -0.3 is 5.11 Å². The molecular weight excluding hydrogens is 258 g/mol. The Hall–Kier alpha value is -1.64. The molecule has 21 heavy (non-hydrogen) atoms. The van der Waals surface area contributed by atoms with Crippen molar-refractivity contribution in [3.05, 3.63) is 71.8 Å². The molecule has 0 aliphatic rings. The molecule has 2 rings (SSSR count). The fourth-order valence-corrected chi connectivity index (χ4v) is 3.07. The topological polar surface area (TPSA) is 23.5 Å². The zero-order chi connectivity index (χ0) is 15.3. The summed E-state index contributed by atoms with van der Waals surface area (Å²) in [6.07, 6.45) is 0. The van der Waals surface area contributed by atoms with Crippen LogP contribution in [0.2, 0.25) is 0 Å². The smallest absolute Gasteiger partial charge is 0.130 e. The minimum absolute atomic E-state index is 0.00250. The summed E-state index contributed by atoms with van der Waals surface area (Å²) in [6.45, 7) is 8.21. The summed E-state index contributed by atoms with van der Waals surface area (Å²) in [4.78, 5) is 2.29. The number of hydrogen-bond donors (Lipinski definition) is 1. The minimum atomic E-state index is -1.01. The van der Waals surface area contributed by atoms with Crippen molar-refractivity contribution in [1.82, 2.24) is 4.90 Å². The van der Waals surface area contributed by atoms with E-state index in [0.29, 0.717) is 0 Å². The summed E-state index contributed by atoms with van der Waals surface area (Å²) < 4.78 is 0. The van der Waals surface area contributed by atoms with E-state index >= 15 is 0 Å². The normalized spacial score (nSPS) is 13.4. The lowest BCUT2D eigenvalue weighted by molar-refractivity contribution is -0.00955. The van der Waals surface area contributed by atoms with Gasteiger partial charge in [-0.05, 0) is 31.1 Å². The van der Waals surface area contributed by atoms with Crippen LogP contribution in [-0.4, -0.2) is 29.1 Å². The van der Waals surface area contributed by atoms with Crippen molar-refractivity contribution in [2.75, 3.05) is 13.1 Å². The lowest BCUT2D eigenvalue weighted by Crippen LogP contribution is -2.49. The van der Waals surface area contributed by atoms with Gasteiger partial charge in [0.25, 0.3) is 0 Å². The molecule has 2 aromatic rings. The molecule has 2 aromatic carbocycles. The van der Waals surface area contributed by atoms with E-state index in [4.69, 9.17) is 0 Å². The van der Waals surface area contributed by atoms with E-state index in [9.17, 15) is 5.11 Å². The average Bonchev–Trinajstić information content (AvgIpc) is 2.56. The van der Waals surface area contributed by atoms with Gasteiger partial charge in [0.05, 0.1) is 0 Å². The van der Waals surface area contributed by atoms with Gasteiger partial charge in [0.15, 0.2) is 0 Å². The fourth-order valence-electron chi connectivity index (χ4n) is 3.07. The van der Waals surface area contributed by atoms with Crippen LogP contribution in [0, 0.1) is 0 Å². The minimum Gasteiger partial charge on any atom is -0.379 e. The number of hydrogen-bond acceptors (Lipinski definition) is 2. The van der Waals surface area contributed by atoms with Gasteiger partial charge in [-0.3, -0.25) is 4.90 Å². The Kier molecular flexibility index (Phi) is 5.16. The Labute approximate surface area is 128 Å². The van der Waals surface area contributed by atoms with Gasteiger partial charge in [-0.15, -0.1) is 0 Å². The molecule has 112 valence electrons. The van der Waals surface area contributed by atoms with E-state index in [2.05, 4.69) is 25.7 Å². The quantitative estimate of drug-likeness (QED) is 0.874. The first-order valence-electron chi connectivity index (χ1n) is 7.72. The standard InChI is InChI=1S/C19H25NO/c1-4-20(5-2)16(3)19(21,17-12-8-6-9-13-17)18-14-10-7-11-15-18/h6-16,21H,4-5H2,1-3H3/t16-/m1/s1. The SMILES string of the molecule is CCN(CC)[C@H](C)C(O)(c1ccccc1)c1ccccc1. The molecule has 0 heterocycles. The lowest BCUT2D eigenvalue weighted by atomic mass is 9.80. The summed E-state index contributed by atoms with van der Waals surface area (Å²) in [7, 11) is 0. The van der Waals surface area contributed by atoms with E-state index in [1.54, 1.807) is 0 Å². The van der Waals surface area contributed by atoms with Crippen LogP contribution in [0.4, 0.5) is 0 Å². The zero-order valence-corrected chi connectivity index (χ0v) is 13.2. The predicted molar refractivity (Wildman–Crippen MR) is 88.3 cm³/mol. The summed E-state index contributed by atoms with van der Waals surface area (Å²) in [5, 5.41) is 11.6. The van der Waals surface area contributed by atoms with Gasteiger partial charge in [-0.1, -0.05) is 74.5 Å². The zero-order valence-electron chi connectivity index (χ0n) is 13.2. The summed E-state index contributed by atoms with van der Waals surface area (Å²) in [6, 6.07) is 19.9. The highest BCUT2D eigenvalue weighted by atomic mass is 16.3. The number of rotatable bonds is 6. The van der Waals surface area contributed by atoms with Crippen LogP contribution < -0.4 is 0 Å². The lowest BCUT2D eigenvalue weighted by Gasteiger charge is -2.41. The third-order valence-electron chi connectivity index (χ3n) is 4.39. The van der Waals surface area contributed by atoms with Crippen molar-refractivity contribution in [2.24, 2.45) is 0 Å². The van der Waals surface area contributed by atoms with E-state index in [0.717, 1.165) is 24.2 Å². The maximum absolute atomic E-state index is 11.6. The van der Waals surface area contributed by atoms with Crippen LogP contribution in [0.15, 0.2) is 60.7 Å². The van der Waals surface area contributed by atoms with Crippen LogP contribution in [0.1, 0.15) is 31.9 Å². The summed E-state index contributed by atoms with van der Waals surface area (Å²) in [5.41, 5.74) is 0.875. The second-order valence-electron chi connectivity index (χ2n) is 5.40. The largest absolute Gasteiger partial charge is 0.379 e. The van der Waals surface area contributed by atoms with Crippen LogP contribution in [-0.2, 0) is 5.60 Å². The molecule has 0 spiro atoms. The molecule has 0 unspecified atom stereocenters. The molecule has 0 bridgehead atoms. The predicted octanol–water partition coefficient (Wildman–Crippen LogP) is 3.65. The molecule has 0 saturated carbocycles. The molecular formula is C19H25NO. The van der Waals surface area contributed by atoms with E-state index in [1.165, 1.54) is 0 Å². The van der Waals surface area contributed by atoms with E-state index < -0.39 is 5.60 Å². The van der Waals surface area contributed by atoms with Gasteiger partial charge >= 0.3 is 0 Å². The second-order valence-corrected chi connectivity index (χ2v) is 5.40. The first-order valence-corrected chi connectivity index (χ1v) is 7.72. The van der Waals surface area contributed by atoms with Crippen LogP contribution in [0.5, 0.6) is 0 Å². The van der Waals surface area contributed by atoms with Crippen molar-refractivity contribution in [2.45, 2.75) is 32.4 Å². The highest BCUT2D eigenvalue weighted by Gasteiger charge is 2.39. The first kappa shape index (κ1) is 15.7. The molecule has 2 heteroatoms. The van der Waals surface area contributed by atoms with Crippen molar-refractivity contribution in [3.8, 4) is 0 Å². The Morgan fingerprint density at radius 1 is 0.857 bits per heavy atom. The third-order valence-corrected chi connectivity index (χ3v) is 4.39. The van der Waals surface area contributed by atoms with Gasteiger partial charge in [0, 0.05) is 6.04 Å². The molecule has 0 aromatic heterocycles. The monoisotopic (exact) mass is 283 g/mol. The molecule has 1 N–H and O–H groups in total. The molecule has 1 atom stereocenters.